The molecule has 0 unspecified atom stereocenters. The van der Waals surface area contributed by atoms with Gasteiger partial charge in [0, 0.05) is 47.3 Å². The predicted octanol–water partition coefficient (Wildman–Crippen LogP) is 5.19. The number of fused-ring (bicyclic) bond motifs is 1. The molecule has 2 amide bonds. The monoisotopic (exact) mass is 453 g/mol. The van der Waals surface area contributed by atoms with Gasteiger partial charge in [0.2, 0.25) is 5.91 Å². The van der Waals surface area contributed by atoms with Crippen molar-refractivity contribution in [2.45, 2.75) is 52.0 Å². The molecule has 0 atom stereocenters. The largest absolute Gasteiger partial charge is 0.449 e. The van der Waals surface area contributed by atoms with Gasteiger partial charge >= 0.3 is 0 Å². The molecule has 0 aliphatic carbocycles. The third kappa shape index (κ3) is 4.24. The number of hydrogen-bond acceptors (Lipinski definition) is 4. The second-order valence-corrected chi connectivity index (χ2v) is 10.4. The van der Waals surface area contributed by atoms with Crippen molar-refractivity contribution in [1.29, 1.82) is 0 Å². The van der Waals surface area contributed by atoms with Crippen molar-refractivity contribution >= 4 is 34.5 Å². The molecule has 1 aliphatic rings. The Balaban J connectivity index is 1.81. The zero-order valence-electron chi connectivity index (χ0n) is 19.1. The Bertz CT molecular complexity index is 1190. The first-order valence-electron chi connectivity index (χ1n) is 10.8. The number of nitrogens with one attached hydrogen (secondary N) is 1. The van der Waals surface area contributed by atoms with Gasteiger partial charge in [-0.25, -0.2) is 4.98 Å². The Morgan fingerprint density at radius 1 is 1.19 bits per heavy atom. The van der Waals surface area contributed by atoms with Gasteiger partial charge in [0.1, 0.15) is 5.52 Å². The summed E-state index contributed by atoms with van der Waals surface area (Å²) in [5.74, 6) is -0.0646. The van der Waals surface area contributed by atoms with Crippen molar-refractivity contribution in [2.24, 2.45) is 0 Å². The van der Waals surface area contributed by atoms with E-state index in [2.05, 4.69) is 26.1 Å². The lowest BCUT2D eigenvalue weighted by molar-refractivity contribution is -0.122. The Hall–Kier alpha value is -2.86. The summed E-state index contributed by atoms with van der Waals surface area (Å²) in [5, 5.41) is 3.50. The summed E-state index contributed by atoms with van der Waals surface area (Å²) in [4.78, 5) is 31.9. The Morgan fingerprint density at radius 2 is 1.88 bits per heavy atom. The summed E-state index contributed by atoms with van der Waals surface area (Å²) >= 11 is 6.05. The van der Waals surface area contributed by atoms with Crippen LogP contribution in [-0.2, 0) is 10.2 Å². The quantitative estimate of drug-likeness (QED) is 0.579. The van der Waals surface area contributed by atoms with Crippen LogP contribution in [0.3, 0.4) is 0 Å². The van der Waals surface area contributed by atoms with Gasteiger partial charge < -0.3 is 14.6 Å². The van der Waals surface area contributed by atoms with E-state index in [0.717, 1.165) is 16.8 Å². The number of carbonyl (C=O) groups is 2. The maximum Gasteiger partial charge on any atom is 0.290 e. The van der Waals surface area contributed by atoms with E-state index in [-0.39, 0.29) is 29.4 Å². The van der Waals surface area contributed by atoms with Crippen LogP contribution in [0, 0.1) is 0 Å². The predicted molar refractivity (Wildman–Crippen MR) is 126 cm³/mol. The summed E-state index contributed by atoms with van der Waals surface area (Å²) < 4.78 is 6.13. The van der Waals surface area contributed by atoms with Crippen LogP contribution in [0.4, 0.5) is 0 Å². The highest BCUT2D eigenvalue weighted by Gasteiger charge is 2.37. The highest BCUT2D eigenvalue weighted by molar-refractivity contribution is 6.30. The number of carbonyl (C=O) groups excluding carboxylic acids is 2. The SMILES string of the molecule is CC(C)(C)c1cc(-c2ccc(Cl)cc2)nc2cc(C(=O)N3CCNC(=O)CC3(C)C)oc12. The Labute approximate surface area is 192 Å². The molecule has 1 aliphatic heterocycles. The number of pyridine rings is 1. The highest BCUT2D eigenvalue weighted by Crippen LogP contribution is 2.35. The minimum atomic E-state index is -0.620. The van der Waals surface area contributed by atoms with E-state index in [4.69, 9.17) is 21.0 Å². The van der Waals surface area contributed by atoms with E-state index >= 15 is 0 Å². The molecule has 0 spiro atoms. The number of nitrogens with zero attached hydrogens (tertiary/aromatic N) is 2. The number of halogens is 1. The number of rotatable bonds is 2. The fraction of sp³-hybridized carbons (Fsp3) is 0.400. The van der Waals surface area contributed by atoms with Gasteiger partial charge in [0.05, 0.1) is 5.69 Å². The van der Waals surface area contributed by atoms with Crippen LogP contribution in [0.5, 0.6) is 0 Å². The number of amides is 2. The van der Waals surface area contributed by atoms with Gasteiger partial charge in [-0.15, -0.1) is 0 Å². The van der Waals surface area contributed by atoms with E-state index < -0.39 is 5.54 Å². The van der Waals surface area contributed by atoms with Crippen LogP contribution in [0.2, 0.25) is 5.02 Å². The fourth-order valence-corrected chi connectivity index (χ4v) is 4.25. The molecule has 32 heavy (non-hydrogen) atoms. The molecule has 0 bridgehead atoms. The van der Waals surface area contributed by atoms with Crippen molar-refractivity contribution in [3.8, 4) is 11.3 Å². The van der Waals surface area contributed by atoms with Gasteiger partial charge in [0.25, 0.3) is 5.91 Å². The van der Waals surface area contributed by atoms with E-state index in [1.54, 1.807) is 11.0 Å². The van der Waals surface area contributed by atoms with E-state index in [1.165, 1.54) is 0 Å². The minimum Gasteiger partial charge on any atom is -0.449 e. The molecular formula is C25H28ClN3O3. The summed E-state index contributed by atoms with van der Waals surface area (Å²) in [7, 11) is 0. The lowest BCUT2D eigenvalue weighted by atomic mass is 9.86. The minimum absolute atomic E-state index is 0.0563. The van der Waals surface area contributed by atoms with E-state index in [9.17, 15) is 9.59 Å². The molecule has 7 heteroatoms. The number of hydrogen-bond donors (Lipinski definition) is 1. The number of furan rings is 1. The lowest BCUT2D eigenvalue weighted by Crippen LogP contribution is -2.48. The molecule has 0 saturated carbocycles. The number of benzene rings is 1. The topological polar surface area (TPSA) is 75.4 Å². The first kappa shape index (κ1) is 22.3. The van der Waals surface area contributed by atoms with E-state index in [0.29, 0.717) is 29.2 Å². The third-order valence-electron chi connectivity index (χ3n) is 5.86. The van der Waals surface area contributed by atoms with Crippen LogP contribution in [-0.4, -0.2) is 40.3 Å². The van der Waals surface area contributed by atoms with Crippen LogP contribution >= 0.6 is 11.6 Å². The molecule has 3 heterocycles. The molecule has 4 rings (SSSR count). The van der Waals surface area contributed by atoms with Crippen LogP contribution < -0.4 is 5.32 Å². The van der Waals surface area contributed by atoms with E-state index in [1.807, 2.05) is 44.2 Å². The zero-order valence-corrected chi connectivity index (χ0v) is 19.8. The smallest absolute Gasteiger partial charge is 0.290 e. The Morgan fingerprint density at radius 3 is 2.53 bits per heavy atom. The zero-order chi connectivity index (χ0) is 23.3. The van der Waals surface area contributed by atoms with Crippen LogP contribution in [0.1, 0.15) is 57.2 Å². The molecule has 1 fully saturated rings. The lowest BCUT2D eigenvalue weighted by Gasteiger charge is -2.35. The van der Waals surface area contributed by atoms with Crippen molar-refractivity contribution in [3.63, 3.8) is 0 Å². The fourth-order valence-electron chi connectivity index (χ4n) is 4.12. The molecule has 3 aromatic rings. The standard InChI is InChI=1S/C25H28ClN3O3/c1-24(2,3)17-12-18(15-6-8-16(26)9-7-15)28-19-13-20(32-22(17)19)23(31)29-11-10-27-21(30)14-25(29,4)5/h6-9,12-13H,10-11,14H2,1-5H3,(H,27,30). The Kier molecular flexibility index (Phi) is 5.53. The van der Waals surface area contributed by atoms with Crippen molar-refractivity contribution in [1.82, 2.24) is 15.2 Å². The summed E-state index contributed by atoms with van der Waals surface area (Å²) in [6, 6.07) is 11.3. The molecule has 1 aromatic carbocycles. The summed E-state index contributed by atoms with van der Waals surface area (Å²) in [5.41, 5.74) is 3.11. The molecule has 6 nitrogen and oxygen atoms in total. The summed E-state index contributed by atoms with van der Waals surface area (Å²) in [6.45, 7) is 10.9. The van der Waals surface area contributed by atoms with Gasteiger partial charge in [-0.05, 0) is 37.5 Å². The normalized spacial score (nSPS) is 16.7. The van der Waals surface area contributed by atoms with Gasteiger partial charge in [-0.2, -0.15) is 0 Å². The maximum atomic E-state index is 13.4. The van der Waals surface area contributed by atoms with Gasteiger partial charge in [-0.3, -0.25) is 9.59 Å². The molecular weight excluding hydrogens is 426 g/mol. The van der Waals surface area contributed by atoms with Crippen LogP contribution in [0.15, 0.2) is 40.8 Å². The van der Waals surface area contributed by atoms with Gasteiger partial charge in [-0.1, -0.05) is 44.5 Å². The first-order valence-corrected chi connectivity index (χ1v) is 11.1. The molecule has 2 aromatic heterocycles. The third-order valence-corrected chi connectivity index (χ3v) is 6.12. The average Bonchev–Trinajstić information content (AvgIpc) is 3.07. The second-order valence-electron chi connectivity index (χ2n) is 9.93. The molecule has 1 N–H and O–H groups in total. The van der Waals surface area contributed by atoms with Crippen LogP contribution in [0.25, 0.3) is 22.4 Å². The number of aromatic nitrogens is 1. The highest BCUT2D eigenvalue weighted by atomic mass is 35.5. The second kappa shape index (κ2) is 7.93. The molecule has 1 saturated heterocycles. The van der Waals surface area contributed by atoms with Crippen molar-refractivity contribution in [3.05, 3.63) is 52.7 Å². The molecule has 0 radical (unpaired) electrons. The van der Waals surface area contributed by atoms with Crippen molar-refractivity contribution in [2.75, 3.05) is 13.1 Å². The average molecular weight is 454 g/mol. The maximum absolute atomic E-state index is 13.4. The van der Waals surface area contributed by atoms with Crippen molar-refractivity contribution < 1.29 is 14.0 Å². The van der Waals surface area contributed by atoms with Gasteiger partial charge in [0.15, 0.2) is 11.3 Å². The first-order chi connectivity index (χ1) is 15.0. The summed E-state index contributed by atoms with van der Waals surface area (Å²) in [6.07, 6.45) is 0.241. The molecule has 168 valence electrons.